The molecule has 0 radical (unpaired) electrons. The first-order chi connectivity index (χ1) is 19.4. The van der Waals surface area contributed by atoms with Gasteiger partial charge in [0.25, 0.3) is 0 Å². The zero-order valence-electron chi connectivity index (χ0n) is 23.1. The van der Waals surface area contributed by atoms with E-state index in [1.54, 1.807) is 24.3 Å². The molecular formula is C28H36F2N2O8S. The quantitative estimate of drug-likeness (QED) is 0.381. The summed E-state index contributed by atoms with van der Waals surface area (Å²) in [6.07, 6.45) is -8.26. The number of alkyl carbamates (subject to hydrolysis) is 1. The third-order valence-corrected chi connectivity index (χ3v) is 8.84. The van der Waals surface area contributed by atoms with Crippen LogP contribution in [0.1, 0.15) is 25.8 Å². The third kappa shape index (κ3) is 7.92. The molecule has 0 spiro atoms. The SMILES string of the molecule is COc1ccc(S(=O)(=O)N(CC(C)C)C[C@@H](O)[C@H](Cc2ccccc2)NC(=O)O[C@H]2CO[C@@H]3OC(F)(F)C[C@@H]32)cc1. The number of nitrogens with one attached hydrogen (secondary N) is 1. The van der Waals surface area contributed by atoms with Crippen LogP contribution >= 0.6 is 0 Å². The molecule has 0 bridgehead atoms. The topological polar surface area (TPSA) is 124 Å². The lowest BCUT2D eigenvalue weighted by Crippen LogP contribution is -2.51. The molecule has 0 aromatic heterocycles. The Kier molecular flexibility index (Phi) is 9.85. The number of carbonyl (C=O) groups is 1. The lowest BCUT2D eigenvalue weighted by Gasteiger charge is -2.31. The average molecular weight is 599 g/mol. The molecule has 10 nitrogen and oxygen atoms in total. The Morgan fingerprint density at radius 2 is 1.83 bits per heavy atom. The molecule has 2 saturated heterocycles. The van der Waals surface area contributed by atoms with Crippen LogP contribution in [-0.4, -0.2) is 81.4 Å². The Balaban J connectivity index is 1.50. The minimum atomic E-state index is -4.02. The van der Waals surface area contributed by atoms with Crippen molar-refractivity contribution in [2.24, 2.45) is 11.8 Å². The molecule has 5 atom stereocenters. The molecule has 2 N–H and O–H groups in total. The maximum absolute atomic E-state index is 13.7. The maximum atomic E-state index is 13.7. The largest absolute Gasteiger partial charge is 0.497 e. The molecule has 1 amide bonds. The summed E-state index contributed by atoms with van der Waals surface area (Å²) >= 11 is 0. The van der Waals surface area contributed by atoms with Crippen molar-refractivity contribution in [3.05, 3.63) is 60.2 Å². The highest BCUT2D eigenvalue weighted by atomic mass is 32.2. The summed E-state index contributed by atoms with van der Waals surface area (Å²) in [5.74, 6) is -0.399. The minimum absolute atomic E-state index is 0.0319. The van der Waals surface area contributed by atoms with Crippen molar-refractivity contribution in [1.82, 2.24) is 9.62 Å². The summed E-state index contributed by atoms with van der Waals surface area (Å²) in [6, 6.07) is 14.0. The van der Waals surface area contributed by atoms with Crippen LogP contribution in [0.4, 0.5) is 13.6 Å². The highest BCUT2D eigenvalue weighted by molar-refractivity contribution is 7.89. The number of hydrogen-bond donors (Lipinski definition) is 2. The van der Waals surface area contributed by atoms with Gasteiger partial charge in [0.2, 0.25) is 10.0 Å². The molecule has 0 unspecified atom stereocenters. The Bertz CT molecular complexity index is 1260. The summed E-state index contributed by atoms with van der Waals surface area (Å²) in [6.45, 7) is 3.40. The van der Waals surface area contributed by atoms with Crippen LogP contribution < -0.4 is 10.1 Å². The third-order valence-electron chi connectivity index (χ3n) is 7.00. The van der Waals surface area contributed by atoms with E-state index in [1.807, 2.05) is 19.9 Å². The van der Waals surface area contributed by atoms with Gasteiger partial charge in [0.05, 0.1) is 43.1 Å². The number of amides is 1. The number of nitrogens with zero attached hydrogens (tertiary/aromatic N) is 1. The fourth-order valence-electron chi connectivity index (χ4n) is 4.96. The van der Waals surface area contributed by atoms with Crippen molar-refractivity contribution in [1.29, 1.82) is 0 Å². The number of benzene rings is 2. The Hall–Kier alpha value is -2.84. The number of carbonyl (C=O) groups excluding carboxylic acids is 1. The Morgan fingerprint density at radius 1 is 1.15 bits per heavy atom. The lowest BCUT2D eigenvalue weighted by molar-refractivity contribution is -0.270. The predicted molar refractivity (Wildman–Crippen MR) is 144 cm³/mol. The maximum Gasteiger partial charge on any atom is 0.407 e. The predicted octanol–water partition coefficient (Wildman–Crippen LogP) is 3.39. The van der Waals surface area contributed by atoms with Gasteiger partial charge in [-0.15, -0.1) is 0 Å². The van der Waals surface area contributed by atoms with E-state index in [0.29, 0.717) is 5.75 Å². The fraction of sp³-hybridized carbons (Fsp3) is 0.536. The number of aliphatic hydroxyl groups is 1. The fourth-order valence-corrected chi connectivity index (χ4v) is 6.58. The molecule has 13 heteroatoms. The number of alkyl halides is 2. The molecular weight excluding hydrogens is 562 g/mol. The van der Waals surface area contributed by atoms with Gasteiger partial charge in [0.1, 0.15) is 11.9 Å². The van der Waals surface area contributed by atoms with Gasteiger partial charge in [-0.1, -0.05) is 44.2 Å². The molecule has 41 heavy (non-hydrogen) atoms. The van der Waals surface area contributed by atoms with Crippen LogP contribution in [0, 0.1) is 11.8 Å². The van der Waals surface area contributed by atoms with E-state index in [-0.39, 0.29) is 36.9 Å². The van der Waals surface area contributed by atoms with Gasteiger partial charge in [-0.2, -0.15) is 13.1 Å². The number of methoxy groups -OCH3 is 1. The molecule has 226 valence electrons. The highest BCUT2D eigenvalue weighted by Crippen LogP contribution is 2.43. The molecule has 2 aliphatic heterocycles. The van der Waals surface area contributed by atoms with Crippen molar-refractivity contribution < 1.29 is 46.0 Å². The molecule has 2 aliphatic rings. The summed E-state index contributed by atoms with van der Waals surface area (Å²) in [7, 11) is -2.54. The number of halogens is 2. The zero-order chi connectivity index (χ0) is 29.8. The summed E-state index contributed by atoms with van der Waals surface area (Å²) in [4.78, 5) is 13.0. The van der Waals surface area contributed by atoms with E-state index in [9.17, 15) is 27.1 Å². The monoisotopic (exact) mass is 598 g/mol. The number of sulfonamides is 1. The summed E-state index contributed by atoms with van der Waals surface area (Å²) in [5.41, 5.74) is 0.776. The normalized spacial score (nSPS) is 23.3. The van der Waals surface area contributed by atoms with Gasteiger partial charge >= 0.3 is 12.2 Å². The number of aliphatic hydroxyl groups excluding tert-OH is 1. The van der Waals surface area contributed by atoms with Gasteiger partial charge < -0.3 is 24.6 Å². The first-order valence-electron chi connectivity index (χ1n) is 13.4. The second kappa shape index (κ2) is 13.0. The van der Waals surface area contributed by atoms with Crippen molar-refractivity contribution >= 4 is 16.1 Å². The van der Waals surface area contributed by atoms with Gasteiger partial charge in [0, 0.05) is 13.1 Å². The summed E-state index contributed by atoms with van der Waals surface area (Å²) < 4.78 is 76.0. The smallest absolute Gasteiger partial charge is 0.407 e. The Morgan fingerprint density at radius 3 is 2.46 bits per heavy atom. The molecule has 4 rings (SSSR count). The second-order valence-electron chi connectivity index (χ2n) is 10.7. The van der Waals surface area contributed by atoms with E-state index < -0.39 is 59.1 Å². The lowest BCUT2D eigenvalue weighted by atomic mass is 10.0. The van der Waals surface area contributed by atoms with Gasteiger partial charge in [-0.05, 0) is 42.2 Å². The van der Waals surface area contributed by atoms with Crippen molar-refractivity contribution in [2.45, 2.75) is 62.2 Å². The van der Waals surface area contributed by atoms with E-state index in [1.165, 1.54) is 35.7 Å². The van der Waals surface area contributed by atoms with Crippen LogP contribution in [0.25, 0.3) is 0 Å². The standard InChI is InChI=1S/C28H36F2N2O8S/c1-18(2)15-32(41(35,36)21-11-9-20(37-3)10-12-21)16-24(33)23(13-19-7-5-4-6-8-19)31-27(34)39-25-17-38-26-22(25)14-28(29,30)40-26/h4-12,18,22-26,33H,13-17H2,1-3H3,(H,31,34)/t22-,23+,24-,25+,26-/m1/s1. The number of hydrogen-bond acceptors (Lipinski definition) is 8. The van der Waals surface area contributed by atoms with Gasteiger partial charge in [-0.25, -0.2) is 13.2 Å². The van der Waals surface area contributed by atoms with Gasteiger partial charge in [0.15, 0.2) is 6.29 Å². The highest BCUT2D eigenvalue weighted by Gasteiger charge is 2.56. The van der Waals surface area contributed by atoms with Crippen molar-refractivity contribution in [2.75, 3.05) is 26.8 Å². The van der Waals surface area contributed by atoms with Crippen molar-refractivity contribution in [3.63, 3.8) is 0 Å². The Labute approximate surface area is 238 Å². The average Bonchev–Trinajstić information content (AvgIpc) is 3.43. The van der Waals surface area contributed by atoms with E-state index in [2.05, 4.69) is 10.1 Å². The first-order valence-corrected chi connectivity index (χ1v) is 14.8. The zero-order valence-corrected chi connectivity index (χ0v) is 23.9. The molecule has 0 aliphatic carbocycles. The molecule has 2 heterocycles. The van der Waals surface area contributed by atoms with Crippen LogP contribution in [0.3, 0.4) is 0 Å². The molecule has 2 aromatic rings. The van der Waals surface area contributed by atoms with Crippen LogP contribution in [0.2, 0.25) is 0 Å². The van der Waals surface area contributed by atoms with E-state index >= 15 is 0 Å². The van der Waals surface area contributed by atoms with Gasteiger partial charge in [-0.3, -0.25) is 4.74 Å². The number of ether oxygens (including phenoxy) is 4. The molecule has 0 saturated carbocycles. The van der Waals surface area contributed by atoms with Crippen LogP contribution in [0.15, 0.2) is 59.5 Å². The minimum Gasteiger partial charge on any atom is -0.497 e. The number of fused-ring (bicyclic) bond motifs is 1. The summed E-state index contributed by atoms with van der Waals surface area (Å²) in [5, 5.41) is 14.0. The van der Waals surface area contributed by atoms with E-state index in [0.717, 1.165) is 5.56 Å². The van der Waals surface area contributed by atoms with E-state index in [4.69, 9.17) is 14.2 Å². The first kappa shape index (κ1) is 31.1. The van der Waals surface area contributed by atoms with Crippen LogP contribution in [-0.2, 0) is 30.7 Å². The molecule has 2 fully saturated rings. The number of rotatable bonds is 12. The molecule has 2 aromatic carbocycles. The second-order valence-corrected chi connectivity index (χ2v) is 12.6. The van der Waals surface area contributed by atoms with Crippen molar-refractivity contribution in [3.8, 4) is 5.75 Å². The van der Waals surface area contributed by atoms with Crippen LogP contribution in [0.5, 0.6) is 5.75 Å².